The van der Waals surface area contributed by atoms with Crippen molar-refractivity contribution in [2.24, 2.45) is 0 Å². The lowest BCUT2D eigenvalue weighted by molar-refractivity contribution is -0.140. The summed E-state index contributed by atoms with van der Waals surface area (Å²) in [6.45, 7) is 14.0. The summed E-state index contributed by atoms with van der Waals surface area (Å²) in [6.07, 6.45) is -0.171. The molecule has 68 heavy (non-hydrogen) atoms. The number of ketones is 1. The second kappa shape index (κ2) is 20.6. The highest BCUT2D eigenvalue weighted by Crippen LogP contribution is 2.19. The molecule has 8 amide bonds. The number of amides is 8. The molecule has 0 aromatic heterocycles. The summed E-state index contributed by atoms with van der Waals surface area (Å²) in [5.41, 5.74) is -4.61. The Morgan fingerprint density at radius 2 is 0.765 bits per heavy atom. The highest BCUT2D eigenvalue weighted by Gasteiger charge is 2.41. The van der Waals surface area contributed by atoms with Gasteiger partial charge in [0.05, 0.1) is 0 Å². The number of carbonyl (C=O) groups excluding carboxylic acids is 9. The van der Waals surface area contributed by atoms with Crippen molar-refractivity contribution in [3.05, 3.63) is 119 Å². The summed E-state index contributed by atoms with van der Waals surface area (Å²) in [5.74, 6) is -6.38. The van der Waals surface area contributed by atoms with Gasteiger partial charge in [0.1, 0.15) is 46.3 Å². The second-order valence-corrected chi connectivity index (χ2v) is 19.4. The number of fused-ring (bicyclic) bond motifs is 1. The molecule has 360 valence electrons. The van der Waals surface area contributed by atoms with Gasteiger partial charge in [-0.05, 0) is 91.1 Å². The molecule has 0 unspecified atom stereocenters. The molecule has 17 nitrogen and oxygen atoms in total. The zero-order valence-corrected chi connectivity index (χ0v) is 40.1. The summed E-state index contributed by atoms with van der Waals surface area (Å²) >= 11 is 0. The van der Waals surface area contributed by atoms with Crippen molar-refractivity contribution in [1.82, 2.24) is 42.5 Å². The third-order valence-electron chi connectivity index (χ3n) is 11.7. The van der Waals surface area contributed by atoms with E-state index in [-0.39, 0.29) is 18.6 Å². The summed E-state index contributed by atoms with van der Waals surface area (Å²) in [4.78, 5) is 124. The van der Waals surface area contributed by atoms with E-state index in [0.717, 1.165) is 10.8 Å². The maximum atomic E-state index is 14.4. The van der Waals surface area contributed by atoms with Gasteiger partial charge in [0, 0.05) is 24.0 Å². The molecule has 5 rings (SSSR count). The zero-order chi connectivity index (χ0) is 50.4. The van der Waals surface area contributed by atoms with E-state index in [9.17, 15) is 43.2 Å². The van der Waals surface area contributed by atoms with Crippen molar-refractivity contribution in [3.8, 4) is 0 Å². The third kappa shape index (κ3) is 12.9. The van der Waals surface area contributed by atoms with Crippen LogP contribution in [0.1, 0.15) is 96.3 Å². The molecule has 0 aliphatic carbocycles. The number of carbonyl (C=O) groups is 9. The fourth-order valence-electron chi connectivity index (χ4n) is 7.22. The largest absolute Gasteiger partial charge is 0.343 e. The lowest BCUT2D eigenvalue weighted by Crippen LogP contribution is -2.66. The van der Waals surface area contributed by atoms with Crippen LogP contribution in [0.2, 0.25) is 0 Å². The van der Waals surface area contributed by atoms with Gasteiger partial charge in [0.25, 0.3) is 0 Å². The Balaban J connectivity index is 1.51. The minimum atomic E-state index is -1.73. The van der Waals surface area contributed by atoms with Gasteiger partial charge in [-0.25, -0.2) is 0 Å². The monoisotopic (exact) mass is 930 g/mol. The van der Waals surface area contributed by atoms with Gasteiger partial charge in [0.15, 0.2) is 5.78 Å². The normalized spacial score (nSPS) is 22.9. The molecule has 1 heterocycles. The van der Waals surface area contributed by atoms with Gasteiger partial charge in [-0.15, -0.1) is 0 Å². The van der Waals surface area contributed by atoms with E-state index in [2.05, 4.69) is 42.5 Å². The molecule has 1 aliphatic heterocycles. The first kappa shape index (κ1) is 51.6. The number of hydrogen-bond donors (Lipinski definition) is 8. The van der Waals surface area contributed by atoms with Gasteiger partial charge >= 0.3 is 0 Å². The number of nitrogens with one attached hydrogen (secondary N) is 8. The molecule has 0 radical (unpaired) electrons. The number of benzene rings is 4. The molecular formula is C51H62N8O9. The molecule has 1 fully saturated rings. The topological polar surface area (TPSA) is 250 Å². The smallest absolute Gasteiger partial charge is 0.245 e. The standard InChI is InChI=1S/C51H62N8O9/c1-29-40(61)56-48(3,4)44(65)52-30(2)41(62)57-50(7,8)46(67)54-37(27-31-20-24-35(25-21-31)39(60)34-17-12-11-13-18-34)42(63)59-51(9,10)47(68)55-38(43(64)58-49(5,6)45(66)53-29)28-32-22-23-33-16-14-15-19-36(33)26-32/h11-26,29-30,37-38H,27-28H2,1-10H3,(H,52,65)(H,53,66)(H,54,67)(H,55,68)(H,56,61)(H,57,62)(H,58,64)(H,59,63)/t29-,30+,37-,38+/m1/s1. The van der Waals surface area contributed by atoms with Crippen molar-refractivity contribution in [3.63, 3.8) is 0 Å². The van der Waals surface area contributed by atoms with Crippen LogP contribution in [-0.2, 0) is 51.2 Å². The van der Waals surface area contributed by atoms with E-state index < -0.39 is 93.6 Å². The maximum Gasteiger partial charge on any atom is 0.245 e. The average molecular weight is 931 g/mol. The van der Waals surface area contributed by atoms with E-state index in [0.29, 0.717) is 22.3 Å². The zero-order valence-electron chi connectivity index (χ0n) is 40.1. The van der Waals surface area contributed by atoms with E-state index >= 15 is 0 Å². The van der Waals surface area contributed by atoms with E-state index in [4.69, 9.17) is 0 Å². The van der Waals surface area contributed by atoms with Crippen LogP contribution in [0.5, 0.6) is 0 Å². The molecule has 0 bridgehead atoms. The highest BCUT2D eigenvalue weighted by atomic mass is 16.2. The average Bonchev–Trinajstić information content (AvgIpc) is 3.27. The summed E-state index contributed by atoms with van der Waals surface area (Å²) < 4.78 is 0. The van der Waals surface area contributed by atoms with Crippen molar-refractivity contribution >= 4 is 63.8 Å². The van der Waals surface area contributed by atoms with Crippen molar-refractivity contribution in [2.45, 2.75) is 128 Å². The van der Waals surface area contributed by atoms with Gasteiger partial charge in [-0.2, -0.15) is 0 Å². The first-order valence-electron chi connectivity index (χ1n) is 22.4. The molecule has 0 spiro atoms. The van der Waals surface area contributed by atoms with Crippen LogP contribution >= 0.6 is 0 Å². The molecule has 1 aliphatic rings. The molecule has 17 heteroatoms. The first-order chi connectivity index (χ1) is 31.7. The quantitative estimate of drug-likeness (QED) is 0.132. The first-order valence-corrected chi connectivity index (χ1v) is 22.4. The summed E-state index contributed by atoms with van der Waals surface area (Å²) in [5, 5.41) is 23.0. The Morgan fingerprint density at radius 3 is 1.22 bits per heavy atom. The van der Waals surface area contributed by atoms with E-state index in [1.807, 2.05) is 42.5 Å². The molecule has 1 saturated heterocycles. The lowest BCUT2D eigenvalue weighted by Gasteiger charge is -2.34. The summed E-state index contributed by atoms with van der Waals surface area (Å²) in [6, 6.07) is 23.2. The minimum Gasteiger partial charge on any atom is -0.343 e. The Hall–Kier alpha value is -7.43. The van der Waals surface area contributed by atoms with Crippen LogP contribution < -0.4 is 42.5 Å². The molecule has 4 aromatic rings. The van der Waals surface area contributed by atoms with Crippen molar-refractivity contribution < 1.29 is 43.2 Å². The maximum absolute atomic E-state index is 14.4. The molecule has 4 atom stereocenters. The van der Waals surface area contributed by atoms with Gasteiger partial charge in [-0.3, -0.25) is 43.2 Å². The highest BCUT2D eigenvalue weighted by molar-refractivity contribution is 6.09. The van der Waals surface area contributed by atoms with Crippen LogP contribution in [0.15, 0.2) is 97.1 Å². The molecule has 8 N–H and O–H groups in total. The van der Waals surface area contributed by atoms with Crippen LogP contribution in [0.4, 0.5) is 0 Å². The second-order valence-electron chi connectivity index (χ2n) is 19.4. The Labute approximate surface area is 396 Å². The van der Waals surface area contributed by atoms with Gasteiger partial charge in [-0.1, -0.05) is 97.1 Å². The Bertz CT molecular complexity index is 2610. The van der Waals surface area contributed by atoms with Crippen molar-refractivity contribution in [1.29, 1.82) is 0 Å². The summed E-state index contributed by atoms with van der Waals surface area (Å²) in [7, 11) is 0. The molecule has 0 saturated carbocycles. The van der Waals surface area contributed by atoms with Gasteiger partial charge < -0.3 is 42.5 Å². The third-order valence-corrected chi connectivity index (χ3v) is 11.7. The molecule has 4 aromatic carbocycles. The number of rotatable bonds is 6. The fraction of sp³-hybridized carbons (Fsp3) is 0.392. The molecular weight excluding hydrogens is 869 g/mol. The van der Waals surface area contributed by atoms with Crippen LogP contribution in [-0.4, -0.2) is 99.4 Å². The van der Waals surface area contributed by atoms with Crippen LogP contribution in [0, 0.1) is 0 Å². The predicted octanol–water partition coefficient (Wildman–Crippen LogP) is 2.43. The predicted molar refractivity (Wildman–Crippen MR) is 256 cm³/mol. The van der Waals surface area contributed by atoms with E-state index in [1.165, 1.54) is 69.2 Å². The van der Waals surface area contributed by atoms with Crippen LogP contribution in [0.25, 0.3) is 10.8 Å². The Kier molecular flexibility index (Phi) is 15.6. The van der Waals surface area contributed by atoms with E-state index in [1.54, 1.807) is 54.6 Å². The Morgan fingerprint density at radius 1 is 0.412 bits per heavy atom. The minimum absolute atomic E-state index is 0.0407. The van der Waals surface area contributed by atoms with Crippen LogP contribution in [0.3, 0.4) is 0 Å². The van der Waals surface area contributed by atoms with Crippen molar-refractivity contribution in [2.75, 3.05) is 0 Å². The lowest BCUT2D eigenvalue weighted by atomic mass is 9.96. The number of hydrogen-bond acceptors (Lipinski definition) is 9. The van der Waals surface area contributed by atoms with Gasteiger partial charge in [0.2, 0.25) is 47.3 Å². The SMILES string of the molecule is C[C@@H]1NC(=O)C(C)(C)NC(=O)[C@@H](C)NC(=O)C(C)(C)NC(=O)[C@H](Cc2ccc3ccccc3c2)NC(=O)C(C)(C)NC(=O)[C@@H](Cc2ccc(C(=O)c3ccccc3)cc2)NC(=O)C(C)(C)NC1=O. The fourth-order valence-corrected chi connectivity index (χ4v) is 7.22.